The van der Waals surface area contributed by atoms with E-state index < -0.39 is 11.7 Å². The number of nitrogens with zero attached hydrogens (tertiary/aromatic N) is 1. The standard InChI is InChI=1S/C24H17F3N2O2/c25-24(26,27)20-11-5-10-18-21(28-13-15-6-4-9-17(30)12-15)19(14-29-22(18)20)23(31)16-7-2-1-3-8-16/h1-12,14,30H,13H2,(H,28,29). The van der Waals surface area contributed by atoms with Crippen molar-refractivity contribution in [1.82, 2.24) is 4.98 Å². The van der Waals surface area contributed by atoms with E-state index in [1.54, 1.807) is 42.5 Å². The van der Waals surface area contributed by atoms with E-state index in [1.165, 1.54) is 30.5 Å². The zero-order chi connectivity index (χ0) is 22.0. The van der Waals surface area contributed by atoms with Gasteiger partial charge < -0.3 is 10.4 Å². The maximum atomic E-state index is 13.5. The van der Waals surface area contributed by atoms with Gasteiger partial charge in [-0.2, -0.15) is 13.2 Å². The van der Waals surface area contributed by atoms with E-state index >= 15 is 0 Å². The van der Waals surface area contributed by atoms with Crippen LogP contribution in [0, 0.1) is 0 Å². The zero-order valence-corrected chi connectivity index (χ0v) is 16.1. The van der Waals surface area contributed by atoms with E-state index in [4.69, 9.17) is 0 Å². The van der Waals surface area contributed by atoms with Gasteiger partial charge in [-0.05, 0) is 23.8 Å². The lowest BCUT2D eigenvalue weighted by Crippen LogP contribution is -2.12. The molecule has 31 heavy (non-hydrogen) atoms. The summed E-state index contributed by atoms with van der Waals surface area (Å²) in [6, 6.07) is 18.7. The van der Waals surface area contributed by atoms with Crippen molar-refractivity contribution in [3.8, 4) is 5.75 Å². The number of phenols is 1. The molecule has 0 aliphatic rings. The summed E-state index contributed by atoms with van der Waals surface area (Å²) in [7, 11) is 0. The predicted molar refractivity (Wildman–Crippen MR) is 112 cm³/mol. The molecule has 0 bridgehead atoms. The number of ketones is 1. The first kappa shape index (κ1) is 20.4. The Labute approximate surface area is 176 Å². The number of carbonyl (C=O) groups excluding carboxylic acids is 1. The number of carbonyl (C=O) groups is 1. The van der Waals surface area contributed by atoms with Gasteiger partial charge in [0.25, 0.3) is 0 Å². The molecule has 0 aliphatic heterocycles. The van der Waals surface area contributed by atoms with Gasteiger partial charge in [0.05, 0.1) is 22.3 Å². The Morgan fingerprint density at radius 2 is 1.71 bits per heavy atom. The number of hydrogen-bond donors (Lipinski definition) is 2. The van der Waals surface area contributed by atoms with Crippen LogP contribution >= 0.6 is 0 Å². The van der Waals surface area contributed by atoms with E-state index in [9.17, 15) is 23.1 Å². The first-order valence-electron chi connectivity index (χ1n) is 9.45. The van der Waals surface area contributed by atoms with Crippen molar-refractivity contribution in [3.05, 3.63) is 101 Å². The number of aromatic hydroxyl groups is 1. The van der Waals surface area contributed by atoms with Gasteiger partial charge in [-0.1, -0.05) is 54.6 Å². The van der Waals surface area contributed by atoms with Crippen molar-refractivity contribution in [1.29, 1.82) is 0 Å². The van der Waals surface area contributed by atoms with Gasteiger partial charge in [-0.15, -0.1) is 0 Å². The molecular weight excluding hydrogens is 405 g/mol. The fourth-order valence-corrected chi connectivity index (χ4v) is 3.42. The van der Waals surface area contributed by atoms with Crippen LogP contribution in [0.1, 0.15) is 27.0 Å². The molecule has 0 amide bonds. The molecule has 1 aromatic heterocycles. The Morgan fingerprint density at radius 1 is 0.968 bits per heavy atom. The monoisotopic (exact) mass is 422 g/mol. The highest BCUT2D eigenvalue weighted by Gasteiger charge is 2.34. The number of benzene rings is 3. The molecule has 0 unspecified atom stereocenters. The van der Waals surface area contributed by atoms with Gasteiger partial charge in [0, 0.05) is 23.7 Å². The van der Waals surface area contributed by atoms with E-state index in [1.807, 2.05) is 0 Å². The summed E-state index contributed by atoms with van der Waals surface area (Å²) in [5.41, 5.74) is 0.416. The summed E-state index contributed by atoms with van der Waals surface area (Å²) in [6.45, 7) is 0.193. The highest BCUT2D eigenvalue weighted by atomic mass is 19.4. The Balaban J connectivity index is 1.86. The number of halogens is 3. The number of anilines is 1. The molecule has 4 nitrogen and oxygen atoms in total. The Bertz CT molecular complexity index is 1250. The maximum absolute atomic E-state index is 13.5. The smallest absolute Gasteiger partial charge is 0.418 e. The largest absolute Gasteiger partial charge is 0.508 e. The second kappa shape index (κ2) is 8.10. The topological polar surface area (TPSA) is 62.2 Å². The van der Waals surface area contributed by atoms with Gasteiger partial charge in [-0.25, -0.2) is 0 Å². The number of rotatable bonds is 5. The van der Waals surface area contributed by atoms with Crippen molar-refractivity contribution >= 4 is 22.4 Å². The Morgan fingerprint density at radius 3 is 2.42 bits per heavy atom. The molecule has 0 aliphatic carbocycles. The SMILES string of the molecule is O=C(c1ccccc1)c1cnc2c(C(F)(F)F)cccc2c1NCc1cccc(O)c1. The number of alkyl halides is 3. The quantitative estimate of drug-likeness (QED) is 0.399. The molecule has 4 aromatic rings. The maximum Gasteiger partial charge on any atom is 0.418 e. The number of nitrogens with one attached hydrogen (secondary N) is 1. The summed E-state index contributed by atoms with van der Waals surface area (Å²) in [5, 5.41) is 13.0. The Hall–Kier alpha value is -3.87. The molecule has 3 aromatic carbocycles. The van der Waals surface area contributed by atoms with Gasteiger partial charge >= 0.3 is 6.18 Å². The zero-order valence-electron chi connectivity index (χ0n) is 16.1. The van der Waals surface area contributed by atoms with Crippen LogP contribution in [0.15, 0.2) is 79.0 Å². The van der Waals surface area contributed by atoms with Crippen molar-refractivity contribution < 1.29 is 23.1 Å². The third-order valence-electron chi connectivity index (χ3n) is 4.86. The van der Waals surface area contributed by atoms with Crippen LogP contribution < -0.4 is 5.32 Å². The molecule has 0 radical (unpaired) electrons. The molecular formula is C24H17F3N2O2. The average Bonchev–Trinajstić information content (AvgIpc) is 2.76. The summed E-state index contributed by atoms with van der Waals surface area (Å²) in [6.07, 6.45) is -3.41. The van der Waals surface area contributed by atoms with Crippen molar-refractivity contribution in [3.63, 3.8) is 0 Å². The normalized spacial score (nSPS) is 11.5. The summed E-state index contributed by atoms with van der Waals surface area (Å²) >= 11 is 0. The molecule has 156 valence electrons. The van der Waals surface area contributed by atoms with E-state index in [0.717, 1.165) is 6.07 Å². The minimum absolute atomic E-state index is 0.0684. The lowest BCUT2D eigenvalue weighted by Gasteiger charge is -2.17. The number of fused-ring (bicyclic) bond motifs is 1. The molecule has 2 N–H and O–H groups in total. The fraction of sp³-hybridized carbons (Fsp3) is 0.0833. The molecule has 4 rings (SSSR count). The van der Waals surface area contributed by atoms with Crippen LogP contribution in [-0.2, 0) is 12.7 Å². The van der Waals surface area contributed by atoms with E-state index in [2.05, 4.69) is 10.3 Å². The molecule has 0 saturated heterocycles. The summed E-state index contributed by atoms with van der Waals surface area (Å²) in [4.78, 5) is 17.1. The lowest BCUT2D eigenvalue weighted by atomic mass is 9.99. The number of aromatic nitrogens is 1. The second-order valence-electron chi connectivity index (χ2n) is 6.96. The molecule has 0 atom stereocenters. The molecule has 0 saturated carbocycles. The number of hydrogen-bond acceptors (Lipinski definition) is 4. The van der Waals surface area contributed by atoms with Gasteiger partial charge in [0.2, 0.25) is 0 Å². The summed E-state index contributed by atoms with van der Waals surface area (Å²) < 4.78 is 40.5. The van der Waals surface area contributed by atoms with Crippen molar-refractivity contribution in [2.45, 2.75) is 12.7 Å². The van der Waals surface area contributed by atoms with E-state index in [-0.39, 0.29) is 40.2 Å². The predicted octanol–water partition coefficient (Wildman–Crippen LogP) is 5.80. The van der Waals surface area contributed by atoms with Crippen LogP contribution in [0.3, 0.4) is 0 Å². The first-order chi connectivity index (χ1) is 14.8. The second-order valence-corrected chi connectivity index (χ2v) is 6.96. The number of phenolic OH excluding ortho intramolecular Hbond substituents is 1. The molecule has 0 fully saturated rings. The third kappa shape index (κ3) is 4.21. The number of para-hydroxylation sites is 1. The third-order valence-corrected chi connectivity index (χ3v) is 4.86. The Kier molecular flexibility index (Phi) is 5.33. The summed E-state index contributed by atoms with van der Waals surface area (Å²) in [5.74, 6) is -0.287. The van der Waals surface area contributed by atoms with E-state index in [0.29, 0.717) is 11.1 Å². The first-order valence-corrected chi connectivity index (χ1v) is 9.45. The minimum atomic E-state index is -4.58. The number of pyridine rings is 1. The van der Waals surface area contributed by atoms with Crippen molar-refractivity contribution in [2.24, 2.45) is 0 Å². The highest BCUT2D eigenvalue weighted by Crippen LogP contribution is 2.37. The molecule has 1 heterocycles. The van der Waals surface area contributed by atoms with Gasteiger partial charge in [0.15, 0.2) is 5.78 Å². The molecule has 0 spiro atoms. The van der Waals surface area contributed by atoms with Crippen LogP contribution in [0.4, 0.5) is 18.9 Å². The van der Waals surface area contributed by atoms with Crippen LogP contribution in [0.2, 0.25) is 0 Å². The lowest BCUT2D eigenvalue weighted by molar-refractivity contribution is -0.136. The van der Waals surface area contributed by atoms with Crippen LogP contribution in [0.25, 0.3) is 10.9 Å². The van der Waals surface area contributed by atoms with Crippen LogP contribution in [-0.4, -0.2) is 15.9 Å². The van der Waals surface area contributed by atoms with Gasteiger partial charge in [0.1, 0.15) is 5.75 Å². The van der Waals surface area contributed by atoms with Gasteiger partial charge in [-0.3, -0.25) is 9.78 Å². The van der Waals surface area contributed by atoms with Crippen molar-refractivity contribution in [2.75, 3.05) is 5.32 Å². The van der Waals surface area contributed by atoms with Crippen LogP contribution in [0.5, 0.6) is 5.75 Å². The fourth-order valence-electron chi connectivity index (χ4n) is 3.42. The minimum Gasteiger partial charge on any atom is -0.508 e. The average molecular weight is 422 g/mol. The molecule has 7 heteroatoms. The highest BCUT2D eigenvalue weighted by molar-refractivity contribution is 6.16.